The SMILES string of the molecule is O=C(Nc1ccc(SC(C(=O)Nc2nc(-c3ccc(Cl)cc3)cs2)c2ccccc2)cc1)/C(=C/c1c(F)cccc1Cl)NC(=O)c1ccccc1. The zero-order chi connectivity index (χ0) is 35.7. The molecule has 0 aliphatic rings. The van der Waals surface area contributed by atoms with Crippen molar-refractivity contribution in [2.45, 2.75) is 10.1 Å². The number of hydrogen-bond donors (Lipinski definition) is 3. The van der Waals surface area contributed by atoms with Crippen molar-refractivity contribution in [1.29, 1.82) is 0 Å². The number of amides is 3. The molecule has 0 aliphatic carbocycles. The minimum atomic E-state index is -0.693. The zero-order valence-electron chi connectivity index (χ0n) is 26.5. The van der Waals surface area contributed by atoms with E-state index in [0.717, 1.165) is 21.7 Å². The largest absolute Gasteiger partial charge is 0.321 e. The first-order valence-corrected chi connectivity index (χ1v) is 17.9. The lowest BCUT2D eigenvalue weighted by Crippen LogP contribution is -2.30. The predicted octanol–water partition coefficient (Wildman–Crippen LogP) is 10.1. The molecule has 1 aromatic heterocycles. The average molecular weight is 754 g/mol. The van der Waals surface area contributed by atoms with Crippen molar-refractivity contribution in [2.75, 3.05) is 10.6 Å². The first-order valence-electron chi connectivity index (χ1n) is 15.4. The van der Waals surface area contributed by atoms with Crippen molar-refractivity contribution < 1.29 is 18.8 Å². The Balaban J connectivity index is 1.18. The van der Waals surface area contributed by atoms with E-state index >= 15 is 0 Å². The summed E-state index contributed by atoms with van der Waals surface area (Å²) < 4.78 is 14.7. The standard InChI is InChI=1S/C39H27Cl2FN4O3S2/c40-27-16-14-24(15-17-27)34-23-50-39(45-34)46-38(49)35(25-8-3-1-4-9-25)51-29-20-18-28(19-21-29)43-37(48)33(22-30-31(41)12-7-13-32(30)42)44-36(47)26-10-5-2-6-11-26/h1-23,35H,(H,43,48)(H,44,47)(H,45,46,49)/b33-22-. The van der Waals surface area contributed by atoms with Gasteiger partial charge in [-0.2, -0.15) is 0 Å². The van der Waals surface area contributed by atoms with Gasteiger partial charge in [0.1, 0.15) is 16.8 Å². The van der Waals surface area contributed by atoms with Crippen molar-refractivity contribution in [1.82, 2.24) is 10.3 Å². The third kappa shape index (κ3) is 9.30. The van der Waals surface area contributed by atoms with Gasteiger partial charge in [0.2, 0.25) is 5.91 Å². The highest BCUT2D eigenvalue weighted by Gasteiger charge is 2.24. The van der Waals surface area contributed by atoms with E-state index in [1.54, 1.807) is 66.7 Å². The van der Waals surface area contributed by atoms with E-state index in [2.05, 4.69) is 20.9 Å². The first kappa shape index (κ1) is 35.6. The van der Waals surface area contributed by atoms with Crippen LogP contribution in [0.5, 0.6) is 0 Å². The molecule has 5 aromatic carbocycles. The van der Waals surface area contributed by atoms with Gasteiger partial charge in [-0.05, 0) is 72.3 Å². The second kappa shape index (κ2) is 16.6. The minimum Gasteiger partial charge on any atom is -0.321 e. The molecule has 1 heterocycles. The summed E-state index contributed by atoms with van der Waals surface area (Å²) in [6.07, 6.45) is 1.20. The number of hydrogen-bond acceptors (Lipinski definition) is 6. The number of rotatable bonds is 11. The third-order valence-electron chi connectivity index (χ3n) is 7.40. The van der Waals surface area contributed by atoms with Crippen LogP contribution in [-0.4, -0.2) is 22.7 Å². The van der Waals surface area contributed by atoms with Crippen LogP contribution in [-0.2, 0) is 9.59 Å². The van der Waals surface area contributed by atoms with Crippen molar-refractivity contribution >= 4 is 80.9 Å². The summed E-state index contributed by atoms with van der Waals surface area (Å²) in [5.74, 6) is -2.16. The summed E-state index contributed by atoms with van der Waals surface area (Å²) in [6, 6.07) is 36.0. The molecule has 1 atom stereocenters. The Hall–Kier alpha value is -5.26. The lowest BCUT2D eigenvalue weighted by atomic mass is 10.1. The van der Waals surface area contributed by atoms with Gasteiger partial charge in [-0.1, -0.05) is 89.9 Å². The summed E-state index contributed by atoms with van der Waals surface area (Å²) in [4.78, 5) is 45.5. The molecule has 0 radical (unpaired) electrons. The molecular weight excluding hydrogens is 726 g/mol. The molecule has 0 saturated carbocycles. The molecule has 7 nitrogen and oxygen atoms in total. The maximum Gasteiger partial charge on any atom is 0.272 e. The summed E-state index contributed by atoms with van der Waals surface area (Å²) in [5, 5.41) is 10.7. The number of nitrogens with zero attached hydrogens (tertiary/aromatic N) is 1. The highest BCUT2D eigenvalue weighted by atomic mass is 35.5. The molecule has 0 bridgehead atoms. The third-order valence-corrected chi connectivity index (χ3v) is 10.0. The molecule has 3 amide bonds. The topological polar surface area (TPSA) is 100 Å². The quantitative estimate of drug-likeness (QED) is 0.0904. The fourth-order valence-corrected chi connectivity index (χ4v) is 6.93. The number of benzene rings is 5. The van der Waals surface area contributed by atoms with Gasteiger partial charge in [-0.3, -0.25) is 14.4 Å². The van der Waals surface area contributed by atoms with Crippen molar-refractivity contribution in [3.05, 3.63) is 171 Å². The van der Waals surface area contributed by atoms with E-state index in [0.29, 0.717) is 21.4 Å². The minimum absolute atomic E-state index is 0.0476. The Morgan fingerprint density at radius 3 is 2.16 bits per heavy atom. The Morgan fingerprint density at radius 2 is 1.47 bits per heavy atom. The molecule has 6 rings (SSSR count). The van der Waals surface area contributed by atoms with Crippen LogP contribution in [0.15, 0.2) is 143 Å². The number of anilines is 2. The van der Waals surface area contributed by atoms with Crippen LogP contribution in [0.1, 0.15) is 26.7 Å². The number of halogens is 3. The van der Waals surface area contributed by atoms with Gasteiger partial charge >= 0.3 is 0 Å². The Bertz CT molecular complexity index is 2180. The van der Waals surface area contributed by atoms with Gasteiger partial charge in [0, 0.05) is 37.7 Å². The van der Waals surface area contributed by atoms with Crippen LogP contribution in [0.4, 0.5) is 15.2 Å². The van der Waals surface area contributed by atoms with E-state index < -0.39 is 22.9 Å². The van der Waals surface area contributed by atoms with Crippen LogP contribution in [0, 0.1) is 5.82 Å². The average Bonchev–Trinajstić information content (AvgIpc) is 3.61. The molecule has 0 spiro atoms. The summed E-state index contributed by atoms with van der Waals surface area (Å²) >= 11 is 14.9. The number of carbonyl (C=O) groups excluding carboxylic acids is 3. The number of thioether (sulfide) groups is 1. The molecule has 254 valence electrons. The van der Waals surface area contributed by atoms with E-state index in [1.807, 2.05) is 47.8 Å². The molecule has 3 N–H and O–H groups in total. The summed E-state index contributed by atoms with van der Waals surface area (Å²) in [7, 11) is 0. The second-order valence-corrected chi connectivity index (χ2v) is 13.8. The molecule has 51 heavy (non-hydrogen) atoms. The predicted molar refractivity (Wildman–Crippen MR) is 205 cm³/mol. The Labute approximate surface area is 311 Å². The van der Waals surface area contributed by atoms with Gasteiger partial charge in [0.25, 0.3) is 11.8 Å². The Kier molecular flexibility index (Phi) is 11.6. The van der Waals surface area contributed by atoms with Crippen LogP contribution in [0.2, 0.25) is 10.0 Å². The molecule has 12 heteroatoms. The van der Waals surface area contributed by atoms with Crippen molar-refractivity contribution in [2.24, 2.45) is 0 Å². The van der Waals surface area contributed by atoms with Crippen LogP contribution >= 0.6 is 46.3 Å². The van der Waals surface area contributed by atoms with Gasteiger partial charge < -0.3 is 16.0 Å². The van der Waals surface area contributed by atoms with Gasteiger partial charge in [-0.15, -0.1) is 23.1 Å². The van der Waals surface area contributed by atoms with Crippen molar-refractivity contribution in [3.63, 3.8) is 0 Å². The molecule has 6 aromatic rings. The van der Waals surface area contributed by atoms with E-state index in [-0.39, 0.29) is 22.2 Å². The van der Waals surface area contributed by atoms with Crippen LogP contribution < -0.4 is 16.0 Å². The monoisotopic (exact) mass is 752 g/mol. The number of nitrogens with one attached hydrogen (secondary N) is 3. The Morgan fingerprint density at radius 1 is 0.784 bits per heavy atom. The summed E-state index contributed by atoms with van der Waals surface area (Å²) in [6.45, 7) is 0. The fourth-order valence-electron chi connectivity index (χ4n) is 4.84. The normalized spacial score (nSPS) is 11.8. The lowest BCUT2D eigenvalue weighted by Gasteiger charge is -2.17. The highest BCUT2D eigenvalue weighted by Crippen LogP contribution is 2.37. The van der Waals surface area contributed by atoms with E-state index in [9.17, 15) is 18.8 Å². The maximum atomic E-state index is 14.7. The highest BCUT2D eigenvalue weighted by molar-refractivity contribution is 8.00. The molecular formula is C39H27Cl2FN4O3S2. The van der Waals surface area contributed by atoms with Gasteiger partial charge in [0.05, 0.1) is 10.7 Å². The number of aromatic nitrogens is 1. The molecule has 0 aliphatic heterocycles. The number of carbonyl (C=O) groups is 3. The lowest BCUT2D eigenvalue weighted by molar-refractivity contribution is -0.116. The van der Waals surface area contributed by atoms with Crippen molar-refractivity contribution in [3.8, 4) is 11.3 Å². The molecule has 0 saturated heterocycles. The smallest absolute Gasteiger partial charge is 0.272 e. The molecule has 0 fully saturated rings. The van der Waals surface area contributed by atoms with Gasteiger partial charge in [-0.25, -0.2) is 9.37 Å². The maximum absolute atomic E-state index is 14.7. The fraction of sp³-hybridized carbons (Fsp3) is 0.0256. The van der Waals surface area contributed by atoms with E-state index in [1.165, 1.54) is 47.4 Å². The van der Waals surface area contributed by atoms with Crippen LogP contribution in [0.25, 0.3) is 17.3 Å². The summed E-state index contributed by atoms with van der Waals surface area (Å²) in [5.41, 5.74) is 2.86. The van der Waals surface area contributed by atoms with Gasteiger partial charge in [0.15, 0.2) is 5.13 Å². The number of thiazole rings is 1. The van der Waals surface area contributed by atoms with Crippen LogP contribution in [0.3, 0.4) is 0 Å². The van der Waals surface area contributed by atoms with E-state index in [4.69, 9.17) is 23.2 Å². The second-order valence-electron chi connectivity index (χ2n) is 10.9. The zero-order valence-corrected chi connectivity index (χ0v) is 29.6. The first-order chi connectivity index (χ1) is 24.7. The molecule has 1 unspecified atom stereocenters.